The van der Waals surface area contributed by atoms with Gasteiger partial charge in [-0.15, -0.1) is 0 Å². The standard InChI is InChI=1S/C11H20N2O2/c1-8-7-12-3-4-13(8)10-5-9(6-10)11(14)15-2/h8-10,12H,3-7H2,1-2H3. The molecule has 1 atom stereocenters. The molecule has 1 N–H and O–H groups in total. The molecule has 0 amide bonds. The van der Waals surface area contributed by atoms with Gasteiger partial charge in [0.05, 0.1) is 13.0 Å². The van der Waals surface area contributed by atoms with Gasteiger partial charge in [-0.25, -0.2) is 0 Å². The van der Waals surface area contributed by atoms with Crippen LogP contribution in [0.5, 0.6) is 0 Å². The Balaban J connectivity index is 1.80. The number of hydrogen-bond acceptors (Lipinski definition) is 4. The van der Waals surface area contributed by atoms with Gasteiger partial charge in [-0.2, -0.15) is 0 Å². The summed E-state index contributed by atoms with van der Waals surface area (Å²) in [6, 6.07) is 1.20. The molecule has 1 heterocycles. The molecule has 1 aliphatic heterocycles. The molecular formula is C11H20N2O2. The number of ether oxygens (including phenoxy) is 1. The van der Waals surface area contributed by atoms with Crippen molar-refractivity contribution in [1.82, 2.24) is 10.2 Å². The van der Waals surface area contributed by atoms with Gasteiger partial charge in [-0.3, -0.25) is 9.69 Å². The number of carbonyl (C=O) groups is 1. The van der Waals surface area contributed by atoms with Crippen LogP contribution in [0.4, 0.5) is 0 Å². The molecule has 4 heteroatoms. The number of nitrogens with one attached hydrogen (secondary N) is 1. The summed E-state index contributed by atoms with van der Waals surface area (Å²) in [6.45, 7) is 5.50. The van der Waals surface area contributed by atoms with Crippen molar-refractivity contribution in [1.29, 1.82) is 0 Å². The molecule has 15 heavy (non-hydrogen) atoms. The van der Waals surface area contributed by atoms with Crippen LogP contribution >= 0.6 is 0 Å². The zero-order chi connectivity index (χ0) is 10.8. The van der Waals surface area contributed by atoms with Crippen molar-refractivity contribution in [3.63, 3.8) is 0 Å². The summed E-state index contributed by atoms with van der Waals surface area (Å²) in [5, 5.41) is 3.38. The Morgan fingerprint density at radius 1 is 1.47 bits per heavy atom. The second kappa shape index (κ2) is 4.49. The molecular weight excluding hydrogens is 192 g/mol. The van der Waals surface area contributed by atoms with E-state index in [1.165, 1.54) is 7.11 Å². The third kappa shape index (κ3) is 2.16. The summed E-state index contributed by atoms with van der Waals surface area (Å²) in [5.41, 5.74) is 0. The number of methoxy groups -OCH3 is 1. The van der Waals surface area contributed by atoms with Crippen molar-refractivity contribution in [2.24, 2.45) is 5.92 Å². The highest BCUT2D eigenvalue weighted by Crippen LogP contribution is 2.33. The van der Waals surface area contributed by atoms with Crippen LogP contribution in [-0.2, 0) is 9.53 Å². The normalized spacial score (nSPS) is 37.1. The van der Waals surface area contributed by atoms with Crippen LogP contribution in [0.15, 0.2) is 0 Å². The van der Waals surface area contributed by atoms with Gasteiger partial charge in [0.15, 0.2) is 0 Å². The molecule has 1 saturated carbocycles. The fourth-order valence-corrected chi connectivity index (χ4v) is 2.62. The quantitative estimate of drug-likeness (QED) is 0.665. The van der Waals surface area contributed by atoms with Crippen LogP contribution in [0.1, 0.15) is 19.8 Å². The Morgan fingerprint density at radius 3 is 2.80 bits per heavy atom. The van der Waals surface area contributed by atoms with Crippen molar-refractivity contribution in [3.8, 4) is 0 Å². The predicted molar refractivity (Wildman–Crippen MR) is 57.6 cm³/mol. The third-order valence-electron chi connectivity index (χ3n) is 3.67. The minimum absolute atomic E-state index is 0.0333. The zero-order valence-corrected chi connectivity index (χ0v) is 9.53. The van der Waals surface area contributed by atoms with Gasteiger partial charge < -0.3 is 10.1 Å². The summed E-state index contributed by atoms with van der Waals surface area (Å²) in [6.07, 6.45) is 1.97. The minimum Gasteiger partial charge on any atom is -0.469 e. The van der Waals surface area contributed by atoms with E-state index in [-0.39, 0.29) is 11.9 Å². The Labute approximate surface area is 91.0 Å². The lowest BCUT2D eigenvalue weighted by atomic mass is 9.78. The molecule has 4 nitrogen and oxygen atoms in total. The summed E-state index contributed by atoms with van der Waals surface area (Å²) in [7, 11) is 1.48. The van der Waals surface area contributed by atoms with Gasteiger partial charge in [0.2, 0.25) is 0 Å². The molecule has 1 unspecified atom stereocenters. The lowest BCUT2D eigenvalue weighted by molar-refractivity contribution is -0.151. The van der Waals surface area contributed by atoms with Crippen LogP contribution in [0.25, 0.3) is 0 Å². The van der Waals surface area contributed by atoms with Gasteiger partial charge in [-0.1, -0.05) is 0 Å². The molecule has 1 saturated heterocycles. The van der Waals surface area contributed by atoms with Crippen molar-refractivity contribution in [2.75, 3.05) is 26.7 Å². The smallest absolute Gasteiger partial charge is 0.308 e. The number of piperazine rings is 1. The lowest BCUT2D eigenvalue weighted by Crippen LogP contribution is -2.58. The first-order valence-corrected chi connectivity index (χ1v) is 5.76. The molecule has 86 valence electrons. The Morgan fingerprint density at radius 2 is 2.20 bits per heavy atom. The van der Waals surface area contributed by atoms with Crippen molar-refractivity contribution >= 4 is 5.97 Å². The molecule has 1 aliphatic carbocycles. The lowest BCUT2D eigenvalue weighted by Gasteiger charge is -2.46. The molecule has 2 fully saturated rings. The predicted octanol–water partition coefficient (Wildman–Crippen LogP) is 0.232. The van der Waals surface area contributed by atoms with E-state index < -0.39 is 0 Å². The first kappa shape index (κ1) is 10.9. The average molecular weight is 212 g/mol. The van der Waals surface area contributed by atoms with E-state index in [0.717, 1.165) is 32.5 Å². The molecule has 0 aromatic rings. The highest BCUT2D eigenvalue weighted by Gasteiger charge is 2.40. The van der Waals surface area contributed by atoms with E-state index in [4.69, 9.17) is 4.74 Å². The maximum Gasteiger partial charge on any atom is 0.308 e. The fourth-order valence-electron chi connectivity index (χ4n) is 2.62. The molecule has 0 aromatic heterocycles. The largest absolute Gasteiger partial charge is 0.469 e. The van der Waals surface area contributed by atoms with E-state index in [2.05, 4.69) is 17.1 Å². The van der Waals surface area contributed by atoms with Crippen LogP contribution in [0, 0.1) is 5.92 Å². The summed E-state index contributed by atoms with van der Waals surface area (Å²) < 4.78 is 4.75. The number of carbonyl (C=O) groups excluding carboxylic acids is 1. The molecule has 0 bridgehead atoms. The number of rotatable bonds is 2. The molecule has 2 rings (SSSR count). The van der Waals surface area contributed by atoms with Gasteiger partial charge >= 0.3 is 5.97 Å². The van der Waals surface area contributed by atoms with E-state index in [1.807, 2.05) is 0 Å². The number of hydrogen-bond donors (Lipinski definition) is 1. The molecule has 2 aliphatic rings. The van der Waals surface area contributed by atoms with Gasteiger partial charge in [0, 0.05) is 31.7 Å². The monoisotopic (exact) mass is 212 g/mol. The Kier molecular flexibility index (Phi) is 3.26. The SMILES string of the molecule is COC(=O)C1CC(N2CCNCC2C)C1. The zero-order valence-electron chi connectivity index (χ0n) is 9.53. The summed E-state index contributed by atoms with van der Waals surface area (Å²) >= 11 is 0. The molecule has 0 spiro atoms. The Bertz CT molecular complexity index is 239. The van der Waals surface area contributed by atoms with E-state index in [9.17, 15) is 4.79 Å². The first-order valence-electron chi connectivity index (χ1n) is 5.76. The van der Waals surface area contributed by atoms with Crippen molar-refractivity contribution < 1.29 is 9.53 Å². The topological polar surface area (TPSA) is 41.6 Å². The minimum atomic E-state index is -0.0333. The summed E-state index contributed by atoms with van der Waals surface area (Å²) in [4.78, 5) is 13.8. The second-order valence-corrected chi connectivity index (χ2v) is 4.64. The van der Waals surface area contributed by atoms with Crippen LogP contribution < -0.4 is 5.32 Å². The first-order chi connectivity index (χ1) is 7.22. The van der Waals surface area contributed by atoms with Crippen molar-refractivity contribution in [2.45, 2.75) is 31.8 Å². The number of esters is 1. The Hall–Kier alpha value is -0.610. The fraction of sp³-hybridized carbons (Fsp3) is 0.909. The van der Waals surface area contributed by atoms with Crippen LogP contribution in [0.3, 0.4) is 0 Å². The maximum atomic E-state index is 11.3. The van der Waals surface area contributed by atoms with E-state index in [1.54, 1.807) is 0 Å². The van der Waals surface area contributed by atoms with Crippen molar-refractivity contribution in [3.05, 3.63) is 0 Å². The van der Waals surface area contributed by atoms with Gasteiger partial charge in [0.25, 0.3) is 0 Å². The molecule has 0 aromatic carbocycles. The van der Waals surface area contributed by atoms with Gasteiger partial charge in [-0.05, 0) is 19.8 Å². The highest BCUT2D eigenvalue weighted by atomic mass is 16.5. The van der Waals surface area contributed by atoms with E-state index >= 15 is 0 Å². The maximum absolute atomic E-state index is 11.3. The highest BCUT2D eigenvalue weighted by molar-refractivity contribution is 5.73. The summed E-state index contributed by atoms with van der Waals surface area (Å²) in [5.74, 6) is 0.121. The van der Waals surface area contributed by atoms with Crippen LogP contribution in [0.2, 0.25) is 0 Å². The van der Waals surface area contributed by atoms with Crippen LogP contribution in [-0.4, -0.2) is 49.7 Å². The second-order valence-electron chi connectivity index (χ2n) is 4.64. The third-order valence-corrected chi connectivity index (χ3v) is 3.67. The van der Waals surface area contributed by atoms with E-state index in [0.29, 0.717) is 12.1 Å². The van der Waals surface area contributed by atoms with Gasteiger partial charge in [0.1, 0.15) is 0 Å². The average Bonchev–Trinajstić information content (AvgIpc) is 2.18. The molecule has 0 radical (unpaired) electrons. The number of nitrogens with zero attached hydrogens (tertiary/aromatic N) is 1.